The summed E-state index contributed by atoms with van der Waals surface area (Å²) in [6.45, 7) is 0. The fourth-order valence-corrected chi connectivity index (χ4v) is 4.41. The number of thiophene rings is 1. The molecule has 2 rings (SSSR count). The molecule has 15 heavy (non-hydrogen) atoms. The minimum absolute atomic E-state index is 0.205. The molecule has 0 unspecified atom stereocenters. The summed E-state index contributed by atoms with van der Waals surface area (Å²) in [6.07, 6.45) is 1.95. The van der Waals surface area contributed by atoms with Gasteiger partial charge < -0.3 is 0 Å². The lowest BCUT2D eigenvalue weighted by Gasteiger charge is -2.14. The Balaban J connectivity index is 2.27. The smallest absolute Gasteiger partial charge is 0.206 e. The Morgan fingerprint density at radius 1 is 1.53 bits per heavy atom. The molecule has 6 heteroatoms. The molecule has 1 saturated carbocycles. The first-order valence-electron chi connectivity index (χ1n) is 4.68. The van der Waals surface area contributed by atoms with E-state index in [0.717, 1.165) is 17.7 Å². The SMILES string of the molecule is CN(C1CC1)S(=O)(=O)c1ccc(CCl)s1. The van der Waals surface area contributed by atoms with Gasteiger partial charge in [0, 0.05) is 18.0 Å². The zero-order chi connectivity index (χ0) is 11.1. The highest BCUT2D eigenvalue weighted by atomic mass is 35.5. The lowest BCUT2D eigenvalue weighted by Crippen LogP contribution is -2.28. The summed E-state index contributed by atoms with van der Waals surface area (Å²) in [4.78, 5) is 0.888. The molecule has 1 aromatic rings. The van der Waals surface area contributed by atoms with Crippen molar-refractivity contribution in [2.24, 2.45) is 0 Å². The van der Waals surface area contributed by atoms with E-state index in [0.29, 0.717) is 10.1 Å². The molecule has 1 aromatic heterocycles. The van der Waals surface area contributed by atoms with E-state index in [9.17, 15) is 8.42 Å². The van der Waals surface area contributed by atoms with E-state index in [1.54, 1.807) is 19.2 Å². The number of hydrogen-bond donors (Lipinski definition) is 0. The van der Waals surface area contributed by atoms with E-state index in [4.69, 9.17) is 11.6 Å². The summed E-state index contributed by atoms with van der Waals surface area (Å²) in [5.41, 5.74) is 0. The molecular weight excluding hydrogens is 254 g/mol. The van der Waals surface area contributed by atoms with Crippen LogP contribution in [0.2, 0.25) is 0 Å². The molecule has 0 radical (unpaired) electrons. The van der Waals surface area contributed by atoms with Crippen molar-refractivity contribution in [3.05, 3.63) is 17.0 Å². The molecule has 0 N–H and O–H groups in total. The molecule has 0 bridgehead atoms. The Kier molecular flexibility index (Phi) is 3.07. The lowest BCUT2D eigenvalue weighted by atomic mass is 10.5. The maximum atomic E-state index is 12.0. The number of sulfonamides is 1. The summed E-state index contributed by atoms with van der Waals surface area (Å²) in [7, 11) is -1.63. The molecule has 3 nitrogen and oxygen atoms in total. The normalized spacial score (nSPS) is 17.3. The zero-order valence-electron chi connectivity index (χ0n) is 8.31. The van der Waals surface area contributed by atoms with Gasteiger partial charge in [0.25, 0.3) is 10.0 Å². The molecular formula is C9H12ClNO2S2. The van der Waals surface area contributed by atoms with Crippen LogP contribution in [0.3, 0.4) is 0 Å². The van der Waals surface area contributed by atoms with E-state index >= 15 is 0 Å². The summed E-state index contributed by atoms with van der Waals surface area (Å²) in [5, 5.41) is 0. The van der Waals surface area contributed by atoms with Crippen molar-refractivity contribution in [3.63, 3.8) is 0 Å². The highest BCUT2D eigenvalue weighted by molar-refractivity contribution is 7.91. The molecule has 0 atom stereocenters. The predicted molar refractivity (Wildman–Crippen MR) is 61.8 cm³/mol. The molecule has 1 heterocycles. The average molecular weight is 266 g/mol. The Morgan fingerprint density at radius 3 is 2.67 bits per heavy atom. The Bertz CT molecular complexity index is 450. The van der Waals surface area contributed by atoms with Gasteiger partial charge in [-0.25, -0.2) is 8.42 Å². The topological polar surface area (TPSA) is 37.4 Å². The van der Waals surface area contributed by atoms with Gasteiger partial charge in [-0.1, -0.05) is 0 Å². The Labute approximate surface area is 98.7 Å². The van der Waals surface area contributed by atoms with E-state index in [-0.39, 0.29) is 6.04 Å². The van der Waals surface area contributed by atoms with Crippen molar-refractivity contribution in [1.29, 1.82) is 0 Å². The molecule has 84 valence electrons. The molecule has 1 aliphatic carbocycles. The van der Waals surface area contributed by atoms with Gasteiger partial charge in [0.1, 0.15) is 4.21 Å². The lowest BCUT2D eigenvalue weighted by molar-refractivity contribution is 0.466. The number of alkyl halides is 1. The first kappa shape index (κ1) is 11.4. The van der Waals surface area contributed by atoms with Crippen LogP contribution in [0.25, 0.3) is 0 Å². The molecule has 0 amide bonds. The Morgan fingerprint density at radius 2 is 2.20 bits per heavy atom. The van der Waals surface area contributed by atoms with Crippen LogP contribution >= 0.6 is 22.9 Å². The third-order valence-electron chi connectivity index (χ3n) is 2.46. The van der Waals surface area contributed by atoms with Crippen molar-refractivity contribution < 1.29 is 8.42 Å². The van der Waals surface area contributed by atoms with Crippen molar-refractivity contribution in [2.75, 3.05) is 7.05 Å². The van der Waals surface area contributed by atoms with Crippen molar-refractivity contribution in [2.45, 2.75) is 29.0 Å². The van der Waals surface area contributed by atoms with Gasteiger partial charge in [0.2, 0.25) is 0 Å². The number of hydrogen-bond acceptors (Lipinski definition) is 3. The number of rotatable bonds is 4. The third-order valence-corrected chi connectivity index (χ3v) is 6.37. The van der Waals surface area contributed by atoms with E-state index < -0.39 is 10.0 Å². The van der Waals surface area contributed by atoms with Crippen LogP contribution < -0.4 is 0 Å². The fourth-order valence-electron chi connectivity index (χ4n) is 1.35. The quantitative estimate of drug-likeness (QED) is 0.784. The minimum Gasteiger partial charge on any atom is -0.206 e. The second-order valence-corrected chi connectivity index (χ2v) is 7.27. The number of nitrogens with zero attached hydrogens (tertiary/aromatic N) is 1. The first-order valence-corrected chi connectivity index (χ1v) is 7.47. The van der Waals surface area contributed by atoms with Crippen molar-refractivity contribution in [3.8, 4) is 0 Å². The van der Waals surface area contributed by atoms with Crippen LogP contribution in [0.5, 0.6) is 0 Å². The Hall–Kier alpha value is -0.100. The molecule has 0 aromatic carbocycles. The summed E-state index contributed by atoms with van der Waals surface area (Å²) in [5.74, 6) is 0.368. The first-order chi connectivity index (χ1) is 7.05. The van der Waals surface area contributed by atoms with Gasteiger partial charge >= 0.3 is 0 Å². The predicted octanol–water partition coefficient (Wildman–Crippen LogP) is 2.27. The largest absolute Gasteiger partial charge is 0.252 e. The van der Waals surface area contributed by atoms with E-state index in [1.807, 2.05) is 0 Å². The minimum atomic E-state index is -3.27. The van der Waals surface area contributed by atoms with Crippen molar-refractivity contribution >= 4 is 33.0 Å². The van der Waals surface area contributed by atoms with Gasteiger partial charge in [-0.3, -0.25) is 0 Å². The van der Waals surface area contributed by atoms with Crippen LogP contribution in [0, 0.1) is 0 Å². The molecule has 1 aliphatic rings. The maximum absolute atomic E-state index is 12.0. The van der Waals surface area contributed by atoms with Gasteiger partial charge in [-0.2, -0.15) is 4.31 Å². The summed E-state index contributed by atoms with van der Waals surface area (Å²) in [6, 6.07) is 3.61. The van der Waals surface area contributed by atoms with Gasteiger partial charge in [0.15, 0.2) is 0 Å². The van der Waals surface area contributed by atoms with E-state index in [1.165, 1.54) is 15.6 Å². The average Bonchev–Trinajstić information content (AvgIpc) is 2.93. The number of halogens is 1. The fraction of sp³-hybridized carbons (Fsp3) is 0.556. The molecule has 0 spiro atoms. The van der Waals surface area contributed by atoms with Gasteiger partial charge in [0.05, 0.1) is 5.88 Å². The van der Waals surface area contributed by atoms with Crippen LogP contribution in [-0.4, -0.2) is 25.8 Å². The standard InChI is InChI=1S/C9H12ClNO2S2/c1-11(7-2-3-7)15(12,13)9-5-4-8(6-10)14-9/h4-5,7H,2-3,6H2,1H3. The molecule has 0 saturated heterocycles. The van der Waals surface area contributed by atoms with Crippen LogP contribution in [0.4, 0.5) is 0 Å². The third kappa shape index (κ3) is 2.20. The highest BCUT2D eigenvalue weighted by Crippen LogP contribution is 2.33. The second kappa shape index (κ2) is 4.05. The van der Waals surface area contributed by atoms with Crippen molar-refractivity contribution in [1.82, 2.24) is 4.31 Å². The summed E-state index contributed by atoms with van der Waals surface area (Å²) < 4.78 is 25.9. The van der Waals surface area contributed by atoms with Crippen LogP contribution in [-0.2, 0) is 15.9 Å². The highest BCUT2D eigenvalue weighted by Gasteiger charge is 2.35. The van der Waals surface area contributed by atoms with E-state index in [2.05, 4.69) is 0 Å². The summed E-state index contributed by atoms with van der Waals surface area (Å²) >= 11 is 6.90. The van der Waals surface area contributed by atoms with Crippen LogP contribution in [0.1, 0.15) is 17.7 Å². The molecule has 0 aliphatic heterocycles. The second-order valence-electron chi connectivity index (χ2n) is 3.61. The monoisotopic (exact) mass is 265 g/mol. The molecule has 1 fully saturated rings. The van der Waals surface area contributed by atoms with Gasteiger partial charge in [-0.05, 0) is 25.0 Å². The van der Waals surface area contributed by atoms with Crippen LogP contribution in [0.15, 0.2) is 16.3 Å². The zero-order valence-corrected chi connectivity index (χ0v) is 10.7. The van der Waals surface area contributed by atoms with Gasteiger partial charge in [-0.15, -0.1) is 22.9 Å². The maximum Gasteiger partial charge on any atom is 0.252 e.